The number of anilines is 1. The highest BCUT2D eigenvalue weighted by Gasteiger charge is 2.56. The summed E-state index contributed by atoms with van der Waals surface area (Å²) < 4.78 is 94.7. The molecule has 55 heavy (non-hydrogen) atoms. The lowest BCUT2D eigenvalue weighted by molar-refractivity contribution is -0.227. The Balaban J connectivity index is 1.55. The number of halogens is 6. The van der Waals surface area contributed by atoms with Gasteiger partial charge in [-0.05, 0) is 76.9 Å². The number of aromatic nitrogens is 3. The predicted octanol–water partition coefficient (Wildman–Crippen LogP) is 11.8. The highest BCUT2D eigenvalue weighted by molar-refractivity contribution is 6.13. The minimum Gasteiger partial charge on any atom is -0.451 e. The zero-order valence-corrected chi connectivity index (χ0v) is 32.9. The normalized spacial score (nSPS) is 22.6. The average molecular weight is 771 g/mol. The summed E-state index contributed by atoms with van der Waals surface area (Å²) >= 11 is 0. The van der Waals surface area contributed by atoms with Crippen molar-refractivity contribution >= 4 is 22.8 Å². The third-order valence-corrected chi connectivity index (χ3v) is 11.2. The van der Waals surface area contributed by atoms with Gasteiger partial charge in [0.15, 0.2) is 23.2 Å². The van der Waals surface area contributed by atoms with Crippen molar-refractivity contribution in [2.45, 2.75) is 107 Å². The first kappa shape index (κ1) is 40.1. The number of benzene rings is 2. The van der Waals surface area contributed by atoms with Crippen LogP contribution in [0.5, 0.6) is 11.5 Å². The second-order valence-electron chi connectivity index (χ2n) is 18.2. The van der Waals surface area contributed by atoms with Gasteiger partial charge in [-0.2, -0.15) is 4.90 Å². The van der Waals surface area contributed by atoms with Crippen molar-refractivity contribution in [2.24, 2.45) is 39.5 Å². The quantitative estimate of drug-likeness (QED) is 0.147. The summed E-state index contributed by atoms with van der Waals surface area (Å²) in [5, 5.41) is 4.84. The van der Waals surface area contributed by atoms with Gasteiger partial charge in [0.05, 0.1) is 12.3 Å². The van der Waals surface area contributed by atoms with Crippen molar-refractivity contribution in [3.8, 4) is 22.9 Å². The Morgan fingerprint density at radius 2 is 1.40 bits per heavy atom. The van der Waals surface area contributed by atoms with Crippen LogP contribution in [0.15, 0.2) is 47.1 Å². The fraction of sp³-hybridized carbons (Fsp3) is 0.561. The number of fused-ring (bicyclic) bond motifs is 2. The highest BCUT2D eigenvalue weighted by Crippen LogP contribution is 2.56. The van der Waals surface area contributed by atoms with Crippen molar-refractivity contribution in [2.75, 3.05) is 11.7 Å². The van der Waals surface area contributed by atoms with Crippen LogP contribution >= 0.6 is 0 Å². The van der Waals surface area contributed by atoms with Gasteiger partial charge in [-0.3, -0.25) is 0 Å². The van der Waals surface area contributed by atoms with Gasteiger partial charge < -0.3 is 9.47 Å². The molecule has 0 amide bonds. The molecule has 296 valence electrons. The Morgan fingerprint density at radius 3 is 1.91 bits per heavy atom. The van der Waals surface area contributed by atoms with Crippen LogP contribution in [0.4, 0.5) is 37.7 Å². The Labute approximate surface area is 318 Å². The van der Waals surface area contributed by atoms with Gasteiger partial charge in [-0.25, -0.2) is 19.5 Å². The summed E-state index contributed by atoms with van der Waals surface area (Å²) in [7, 11) is 0. The van der Waals surface area contributed by atoms with E-state index in [9.17, 15) is 26.3 Å². The zero-order chi connectivity index (χ0) is 40.6. The van der Waals surface area contributed by atoms with Crippen LogP contribution < -0.4 is 14.4 Å². The summed E-state index contributed by atoms with van der Waals surface area (Å²) in [5.74, 6) is 0.921. The number of allylic oxidation sites excluding steroid dienone is 2. The number of nitrogens with zero attached hydrogens (tertiary/aromatic N) is 6. The van der Waals surface area contributed by atoms with Crippen LogP contribution in [0.1, 0.15) is 99.9 Å². The number of ether oxygens (including phenoxy) is 2. The van der Waals surface area contributed by atoms with Gasteiger partial charge >= 0.3 is 12.6 Å². The van der Waals surface area contributed by atoms with Gasteiger partial charge in [0.25, 0.3) is 0 Å². The van der Waals surface area contributed by atoms with Crippen LogP contribution in [0.25, 0.3) is 21.8 Å². The molecule has 2 aromatic carbocycles. The molecule has 2 aliphatic heterocycles. The van der Waals surface area contributed by atoms with Crippen LogP contribution in [0.2, 0.25) is 0 Å². The van der Waals surface area contributed by atoms with Gasteiger partial charge in [-0.1, -0.05) is 93.5 Å². The monoisotopic (exact) mass is 770 g/mol. The molecule has 3 aromatic rings. The SMILES string of the molecule is [C-]#[N+]C1=C(CC2C(C(C)(C)C)CC(C)CC2C(C)(C)C)c2nc(-c3ccc(C(C)(C)C)cc3)nn2C1=Nc1ccc(N(C(F)(F)F)C(F)(F)F)c2c1OCO2. The van der Waals surface area contributed by atoms with Crippen LogP contribution in [-0.2, 0) is 5.41 Å². The Kier molecular flexibility index (Phi) is 9.91. The van der Waals surface area contributed by atoms with Crippen LogP contribution in [-0.4, -0.2) is 40.0 Å². The fourth-order valence-corrected chi connectivity index (χ4v) is 8.51. The second-order valence-corrected chi connectivity index (χ2v) is 18.2. The lowest BCUT2D eigenvalue weighted by Crippen LogP contribution is -2.48. The molecule has 1 saturated carbocycles. The van der Waals surface area contributed by atoms with E-state index >= 15 is 0 Å². The van der Waals surface area contributed by atoms with Crippen LogP contribution in [0, 0.1) is 41.1 Å². The van der Waals surface area contributed by atoms with Crippen molar-refractivity contribution in [1.29, 1.82) is 0 Å². The molecule has 14 heteroatoms. The highest BCUT2D eigenvalue weighted by atomic mass is 19.4. The lowest BCUT2D eigenvalue weighted by Gasteiger charge is -2.51. The molecule has 6 rings (SSSR count). The predicted molar refractivity (Wildman–Crippen MR) is 200 cm³/mol. The largest absolute Gasteiger partial charge is 0.491 e. The van der Waals surface area contributed by atoms with E-state index in [0.717, 1.165) is 30.0 Å². The maximum absolute atomic E-state index is 13.8. The molecule has 0 saturated heterocycles. The summed E-state index contributed by atoms with van der Waals surface area (Å²) in [4.78, 5) is 12.0. The number of hydrogen-bond acceptors (Lipinski definition) is 6. The van der Waals surface area contributed by atoms with E-state index in [1.165, 1.54) is 4.68 Å². The Hall–Kier alpha value is -4.54. The number of aliphatic imine (C=N–C) groups is 1. The molecule has 0 N–H and O–H groups in total. The first-order valence-corrected chi connectivity index (χ1v) is 18.5. The fourth-order valence-electron chi connectivity index (χ4n) is 8.51. The van der Waals surface area contributed by atoms with E-state index in [4.69, 9.17) is 31.1 Å². The molecule has 1 aromatic heterocycles. The second kappa shape index (κ2) is 13.6. The molecule has 2 atom stereocenters. The molecule has 0 radical (unpaired) electrons. The molecule has 1 fully saturated rings. The van der Waals surface area contributed by atoms with E-state index in [-0.39, 0.29) is 39.4 Å². The molecule has 3 aliphatic rings. The Bertz CT molecular complexity index is 2010. The average Bonchev–Trinajstić information content (AvgIpc) is 3.76. The molecular formula is C41H48F6N6O2. The van der Waals surface area contributed by atoms with E-state index in [1.807, 2.05) is 24.3 Å². The van der Waals surface area contributed by atoms with E-state index in [1.54, 1.807) is 0 Å². The molecule has 8 nitrogen and oxygen atoms in total. The van der Waals surface area contributed by atoms with Gasteiger partial charge in [-0.15, -0.1) is 31.4 Å². The smallest absolute Gasteiger partial charge is 0.451 e. The number of alkyl halides is 6. The molecule has 3 heterocycles. The van der Waals surface area contributed by atoms with Gasteiger partial charge in [0, 0.05) is 11.1 Å². The number of hydrogen-bond donors (Lipinski definition) is 0. The zero-order valence-electron chi connectivity index (χ0n) is 32.9. The third-order valence-electron chi connectivity index (χ3n) is 11.2. The minimum atomic E-state index is -5.81. The molecular weight excluding hydrogens is 722 g/mol. The maximum atomic E-state index is 13.8. The Morgan fingerprint density at radius 1 is 0.836 bits per heavy atom. The van der Waals surface area contributed by atoms with E-state index in [0.29, 0.717) is 47.5 Å². The standard InChI is InChI=1S/C41H48F6N6O2/c1-22-18-27(38(5,6)7)25(28(19-22)39(8,9)10)20-26-31(48-11)36(52-35(26)50-34(51-52)23-12-14-24(15-13-23)37(2,3)4)49-29-16-17-30(33-32(29)54-21-55-33)53(40(42,43)44)41(45,46)47/h12-17,22,25,27-28H,18-21H2,1-10H3. The molecule has 1 aliphatic carbocycles. The first-order valence-electron chi connectivity index (χ1n) is 18.5. The van der Waals surface area contributed by atoms with Gasteiger partial charge in [0.2, 0.25) is 12.5 Å². The maximum Gasteiger partial charge on any atom is 0.491 e. The van der Waals surface area contributed by atoms with E-state index < -0.39 is 41.5 Å². The van der Waals surface area contributed by atoms with Crippen molar-refractivity contribution in [3.63, 3.8) is 0 Å². The van der Waals surface area contributed by atoms with Crippen molar-refractivity contribution in [3.05, 3.63) is 64.9 Å². The van der Waals surface area contributed by atoms with Crippen LogP contribution in [0.3, 0.4) is 0 Å². The third kappa shape index (κ3) is 7.68. The summed E-state index contributed by atoms with van der Waals surface area (Å²) in [6, 6.07) is 9.52. The van der Waals surface area contributed by atoms with Crippen molar-refractivity contribution < 1.29 is 35.8 Å². The molecule has 2 unspecified atom stereocenters. The lowest BCUT2D eigenvalue weighted by atomic mass is 9.54. The minimum absolute atomic E-state index is 0.0443. The summed E-state index contributed by atoms with van der Waals surface area (Å²) in [5.41, 5.74) is 1.04. The summed E-state index contributed by atoms with van der Waals surface area (Å²) in [6.07, 6.45) is -9.09. The number of rotatable bonds is 5. The molecule has 0 bridgehead atoms. The van der Waals surface area contributed by atoms with E-state index in [2.05, 4.69) is 74.1 Å². The van der Waals surface area contributed by atoms with Gasteiger partial charge in [0.1, 0.15) is 11.5 Å². The topological polar surface area (TPSA) is 69.1 Å². The first-order chi connectivity index (χ1) is 25.3. The van der Waals surface area contributed by atoms with Crippen molar-refractivity contribution in [1.82, 2.24) is 14.8 Å². The molecule has 0 spiro atoms. The summed E-state index contributed by atoms with van der Waals surface area (Å²) in [6.45, 7) is 29.9.